The minimum atomic E-state index is 0.328. The molecule has 0 N–H and O–H groups in total. The van der Waals surface area contributed by atoms with Crippen LogP contribution in [0.25, 0.3) is 11.4 Å². The summed E-state index contributed by atoms with van der Waals surface area (Å²) < 4.78 is 5.28. The molecule has 3 aromatic rings. The zero-order valence-corrected chi connectivity index (χ0v) is 14.9. The molecule has 7 heteroatoms. The molecule has 7 nitrogen and oxygen atoms in total. The molecule has 0 amide bonds. The van der Waals surface area contributed by atoms with Gasteiger partial charge in [-0.05, 0) is 31.5 Å². The fourth-order valence-electron chi connectivity index (χ4n) is 3.49. The van der Waals surface area contributed by atoms with E-state index in [1.807, 2.05) is 25.3 Å². The SMILES string of the molecule is CCc1nc(-c2cncnc2C2CCCN(Cc3ccccn3)C2)no1. The Labute approximate surface area is 152 Å². The summed E-state index contributed by atoms with van der Waals surface area (Å²) in [6.07, 6.45) is 8.20. The van der Waals surface area contributed by atoms with Crippen LogP contribution in [-0.4, -0.2) is 43.1 Å². The first-order chi connectivity index (χ1) is 12.8. The van der Waals surface area contributed by atoms with Crippen molar-refractivity contribution in [2.75, 3.05) is 13.1 Å². The van der Waals surface area contributed by atoms with Crippen molar-refractivity contribution in [1.29, 1.82) is 0 Å². The Bertz CT molecular complexity index is 850. The number of piperidine rings is 1. The normalized spacial score (nSPS) is 18.1. The van der Waals surface area contributed by atoms with Crippen molar-refractivity contribution in [3.63, 3.8) is 0 Å². The molecule has 1 unspecified atom stereocenters. The van der Waals surface area contributed by atoms with Crippen molar-refractivity contribution in [3.05, 3.63) is 54.2 Å². The Morgan fingerprint density at radius 2 is 2.23 bits per heavy atom. The lowest BCUT2D eigenvalue weighted by Gasteiger charge is -2.32. The highest BCUT2D eigenvalue weighted by atomic mass is 16.5. The maximum absolute atomic E-state index is 5.28. The maximum Gasteiger partial charge on any atom is 0.226 e. The van der Waals surface area contributed by atoms with Gasteiger partial charge in [-0.3, -0.25) is 9.88 Å². The van der Waals surface area contributed by atoms with Gasteiger partial charge in [-0.25, -0.2) is 9.97 Å². The summed E-state index contributed by atoms with van der Waals surface area (Å²) in [5, 5.41) is 4.11. The number of nitrogens with zero attached hydrogens (tertiary/aromatic N) is 6. The Balaban J connectivity index is 1.55. The largest absolute Gasteiger partial charge is 0.339 e. The van der Waals surface area contributed by atoms with Crippen molar-refractivity contribution in [1.82, 2.24) is 30.0 Å². The van der Waals surface area contributed by atoms with E-state index in [0.29, 0.717) is 17.6 Å². The average Bonchev–Trinajstić information content (AvgIpc) is 3.18. The van der Waals surface area contributed by atoms with Crippen LogP contribution in [-0.2, 0) is 13.0 Å². The van der Waals surface area contributed by atoms with Crippen LogP contribution in [0, 0.1) is 0 Å². The Hall–Kier alpha value is -2.67. The van der Waals surface area contributed by atoms with Crippen LogP contribution in [0.4, 0.5) is 0 Å². The average molecular weight is 350 g/mol. The number of hydrogen-bond donors (Lipinski definition) is 0. The van der Waals surface area contributed by atoms with Crippen molar-refractivity contribution in [2.24, 2.45) is 0 Å². The smallest absolute Gasteiger partial charge is 0.226 e. The quantitative estimate of drug-likeness (QED) is 0.700. The lowest BCUT2D eigenvalue weighted by molar-refractivity contribution is 0.196. The molecule has 1 atom stereocenters. The molecule has 26 heavy (non-hydrogen) atoms. The first-order valence-corrected chi connectivity index (χ1v) is 9.08. The molecule has 0 radical (unpaired) electrons. The van der Waals surface area contributed by atoms with Gasteiger partial charge in [0.25, 0.3) is 0 Å². The molecule has 1 saturated heterocycles. The van der Waals surface area contributed by atoms with Crippen LogP contribution in [0.5, 0.6) is 0 Å². The van der Waals surface area contributed by atoms with Gasteiger partial charge in [-0.2, -0.15) is 4.98 Å². The summed E-state index contributed by atoms with van der Waals surface area (Å²) in [6, 6.07) is 6.06. The van der Waals surface area contributed by atoms with E-state index in [9.17, 15) is 0 Å². The van der Waals surface area contributed by atoms with Gasteiger partial charge in [0.1, 0.15) is 6.33 Å². The molecule has 3 aromatic heterocycles. The topological polar surface area (TPSA) is 80.8 Å². The predicted molar refractivity (Wildman–Crippen MR) is 96.2 cm³/mol. The second-order valence-electron chi connectivity index (χ2n) is 6.58. The predicted octanol–water partition coefficient (Wildman–Crippen LogP) is 2.86. The second-order valence-corrected chi connectivity index (χ2v) is 6.58. The minimum Gasteiger partial charge on any atom is -0.339 e. The molecular weight excluding hydrogens is 328 g/mol. The summed E-state index contributed by atoms with van der Waals surface area (Å²) in [6.45, 7) is 4.88. The molecule has 1 aliphatic rings. The number of likely N-dealkylation sites (tertiary alicyclic amines) is 1. The van der Waals surface area contributed by atoms with Gasteiger partial charge in [-0.15, -0.1) is 0 Å². The van der Waals surface area contributed by atoms with Crippen LogP contribution in [0.15, 0.2) is 41.4 Å². The van der Waals surface area contributed by atoms with E-state index in [-0.39, 0.29) is 0 Å². The van der Waals surface area contributed by atoms with Crippen molar-refractivity contribution >= 4 is 0 Å². The molecule has 4 heterocycles. The lowest BCUT2D eigenvalue weighted by Crippen LogP contribution is -2.34. The summed E-state index contributed by atoms with van der Waals surface area (Å²) in [4.78, 5) is 20.1. The molecule has 4 rings (SSSR count). The van der Waals surface area contributed by atoms with Gasteiger partial charge >= 0.3 is 0 Å². The van der Waals surface area contributed by atoms with Gasteiger partial charge in [-0.1, -0.05) is 18.1 Å². The number of aromatic nitrogens is 5. The van der Waals surface area contributed by atoms with Gasteiger partial charge in [0.15, 0.2) is 0 Å². The highest BCUT2D eigenvalue weighted by Gasteiger charge is 2.26. The summed E-state index contributed by atoms with van der Waals surface area (Å²) in [5.41, 5.74) is 2.98. The Kier molecular flexibility index (Phi) is 4.97. The van der Waals surface area contributed by atoms with Crippen LogP contribution >= 0.6 is 0 Å². The molecule has 0 aliphatic carbocycles. The summed E-state index contributed by atoms with van der Waals surface area (Å²) in [7, 11) is 0. The lowest BCUT2D eigenvalue weighted by atomic mass is 9.91. The number of hydrogen-bond acceptors (Lipinski definition) is 7. The first kappa shape index (κ1) is 16.8. The number of aryl methyl sites for hydroxylation is 1. The van der Waals surface area contributed by atoms with Gasteiger partial charge in [0, 0.05) is 37.8 Å². The molecule has 0 saturated carbocycles. The summed E-state index contributed by atoms with van der Waals surface area (Å²) >= 11 is 0. The zero-order valence-electron chi connectivity index (χ0n) is 14.9. The Morgan fingerprint density at radius 3 is 3.04 bits per heavy atom. The highest BCUT2D eigenvalue weighted by molar-refractivity contribution is 5.57. The van der Waals surface area contributed by atoms with Crippen LogP contribution in [0.1, 0.15) is 43.0 Å². The van der Waals surface area contributed by atoms with Gasteiger partial charge in [0.05, 0.1) is 17.0 Å². The minimum absolute atomic E-state index is 0.328. The molecule has 0 bridgehead atoms. The van der Waals surface area contributed by atoms with Gasteiger partial charge in [0.2, 0.25) is 11.7 Å². The van der Waals surface area contributed by atoms with Crippen molar-refractivity contribution < 1.29 is 4.52 Å². The molecule has 0 spiro atoms. The molecular formula is C19H22N6O. The second kappa shape index (κ2) is 7.70. The fraction of sp³-hybridized carbons (Fsp3) is 0.421. The van der Waals surface area contributed by atoms with Crippen LogP contribution in [0.3, 0.4) is 0 Å². The maximum atomic E-state index is 5.28. The van der Waals surface area contributed by atoms with E-state index in [1.54, 1.807) is 12.5 Å². The highest BCUT2D eigenvalue weighted by Crippen LogP contribution is 2.31. The monoisotopic (exact) mass is 350 g/mol. The van der Waals surface area contributed by atoms with Crippen molar-refractivity contribution in [3.8, 4) is 11.4 Å². The van der Waals surface area contributed by atoms with E-state index in [4.69, 9.17) is 4.52 Å². The fourth-order valence-corrected chi connectivity index (χ4v) is 3.49. The molecule has 134 valence electrons. The third-order valence-corrected chi connectivity index (χ3v) is 4.76. The molecule has 1 aliphatic heterocycles. The molecule has 1 fully saturated rings. The third-order valence-electron chi connectivity index (χ3n) is 4.76. The number of rotatable bonds is 5. The van der Waals surface area contributed by atoms with Crippen molar-refractivity contribution in [2.45, 2.75) is 38.6 Å². The standard InChI is InChI=1S/C19H22N6O/c1-2-17-23-19(24-26-17)16-10-20-13-22-18(16)14-6-5-9-25(11-14)12-15-7-3-4-8-21-15/h3-4,7-8,10,13-14H,2,5-6,9,11-12H2,1H3. The molecule has 0 aromatic carbocycles. The van der Waals surface area contributed by atoms with E-state index < -0.39 is 0 Å². The van der Waals surface area contributed by atoms with E-state index in [1.165, 1.54) is 0 Å². The first-order valence-electron chi connectivity index (χ1n) is 9.08. The third kappa shape index (κ3) is 3.62. The van der Waals surface area contributed by atoms with Crippen LogP contribution in [0.2, 0.25) is 0 Å². The van der Waals surface area contributed by atoms with E-state index >= 15 is 0 Å². The Morgan fingerprint density at radius 1 is 1.27 bits per heavy atom. The zero-order chi connectivity index (χ0) is 17.8. The van der Waals surface area contributed by atoms with Crippen LogP contribution < -0.4 is 0 Å². The van der Waals surface area contributed by atoms with E-state index in [0.717, 1.165) is 55.8 Å². The number of pyridine rings is 1. The summed E-state index contributed by atoms with van der Waals surface area (Å²) in [5.74, 6) is 1.54. The van der Waals surface area contributed by atoms with E-state index in [2.05, 4.69) is 36.1 Å². The van der Waals surface area contributed by atoms with Gasteiger partial charge < -0.3 is 4.52 Å².